The lowest BCUT2D eigenvalue weighted by molar-refractivity contribution is -0.386. The number of aryl methyl sites for hydroxylation is 2. The molecule has 2 aromatic heterocycles. The summed E-state index contributed by atoms with van der Waals surface area (Å²) in [7, 11) is 0. The number of primary amides is 1. The molecule has 0 saturated carbocycles. The molecule has 2 aromatic rings. The molecule has 0 aromatic carbocycles. The average Bonchev–Trinajstić information content (AvgIpc) is 3.00. The van der Waals surface area contributed by atoms with Crippen molar-refractivity contribution in [3.05, 3.63) is 33.4 Å². The Kier molecular flexibility index (Phi) is 4.62. The number of hydrogen-bond acceptors (Lipinski definition) is 6. The number of carbonyl (C=O) groups excluding carboxylic acids is 2. The molecule has 0 bridgehead atoms. The average molecular weight is 335 g/mol. The predicted octanol–water partition coefficient (Wildman–Crippen LogP) is 0.362. The predicted molar refractivity (Wildman–Crippen MR) is 83.4 cm³/mol. The van der Waals surface area contributed by atoms with Crippen LogP contribution in [0.4, 0.5) is 11.4 Å². The Morgan fingerprint density at radius 1 is 1.38 bits per heavy atom. The minimum Gasteiger partial charge on any atom is -0.364 e. The van der Waals surface area contributed by atoms with Crippen molar-refractivity contribution in [2.45, 2.75) is 33.9 Å². The van der Waals surface area contributed by atoms with E-state index in [0.29, 0.717) is 6.54 Å². The Hall–Kier alpha value is -3.24. The first kappa shape index (κ1) is 17.1. The standard InChI is InChI=1S/C13H17N7O4/c1-4-18-5-9(11(17-18)13(14)22)15-10(21)6-19-8(3)12(20(23)24)7(2)16-19/h5H,4,6H2,1-3H3,(H2,14,22)(H,15,21). The molecule has 0 atom stereocenters. The first-order chi connectivity index (χ1) is 11.2. The van der Waals surface area contributed by atoms with Crippen LogP contribution in [0.25, 0.3) is 0 Å². The van der Waals surface area contributed by atoms with Gasteiger partial charge in [-0.3, -0.25) is 29.1 Å². The lowest BCUT2D eigenvalue weighted by Gasteiger charge is -2.05. The molecular weight excluding hydrogens is 318 g/mol. The maximum absolute atomic E-state index is 12.2. The third-order valence-electron chi connectivity index (χ3n) is 3.41. The van der Waals surface area contributed by atoms with E-state index in [0.717, 1.165) is 0 Å². The van der Waals surface area contributed by atoms with Crippen LogP contribution in [-0.2, 0) is 17.9 Å². The van der Waals surface area contributed by atoms with Gasteiger partial charge in [-0.15, -0.1) is 0 Å². The molecule has 0 unspecified atom stereocenters. The van der Waals surface area contributed by atoms with E-state index in [1.54, 1.807) is 0 Å². The van der Waals surface area contributed by atoms with Crippen LogP contribution in [0.2, 0.25) is 0 Å². The number of amides is 2. The summed E-state index contributed by atoms with van der Waals surface area (Å²) < 4.78 is 2.70. The number of nitrogens with two attached hydrogens (primary N) is 1. The lowest BCUT2D eigenvalue weighted by Crippen LogP contribution is -2.22. The number of nitro groups is 1. The Morgan fingerprint density at radius 2 is 2.04 bits per heavy atom. The lowest BCUT2D eigenvalue weighted by atomic mass is 10.3. The summed E-state index contributed by atoms with van der Waals surface area (Å²) in [6.45, 7) is 5.08. The van der Waals surface area contributed by atoms with E-state index in [4.69, 9.17) is 5.73 Å². The highest BCUT2D eigenvalue weighted by Gasteiger charge is 2.23. The van der Waals surface area contributed by atoms with E-state index >= 15 is 0 Å². The van der Waals surface area contributed by atoms with Crippen molar-refractivity contribution < 1.29 is 14.5 Å². The summed E-state index contributed by atoms with van der Waals surface area (Å²) in [6, 6.07) is 0. The van der Waals surface area contributed by atoms with Crippen LogP contribution in [-0.4, -0.2) is 36.3 Å². The molecule has 0 saturated heterocycles. The molecule has 24 heavy (non-hydrogen) atoms. The van der Waals surface area contributed by atoms with Crippen LogP contribution in [0.5, 0.6) is 0 Å². The molecule has 2 amide bonds. The van der Waals surface area contributed by atoms with Gasteiger partial charge in [-0.05, 0) is 20.8 Å². The van der Waals surface area contributed by atoms with E-state index in [-0.39, 0.29) is 35.0 Å². The normalized spacial score (nSPS) is 10.6. The third kappa shape index (κ3) is 3.24. The fourth-order valence-corrected chi connectivity index (χ4v) is 2.29. The zero-order valence-corrected chi connectivity index (χ0v) is 13.4. The fourth-order valence-electron chi connectivity index (χ4n) is 2.29. The second-order valence-corrected chi connectivity index (χ2v) is 5.09. The molecule has 0 radical (unpaired) electrons. The van der Waals surface area contributed by atoms with E-state index in [1.807, 2.05) is 6.92 Å². The molecule has 128 valence electrons. The highest BCUT2D eigenvalue weighted by atomic mass is 16.6. The van der Waals surface area contributed by atoms with Gasteiger partial charge in [0.15, 0.2) is 5.69 Å². The second-order valence-electron chi connectivity index (χ2n) is 5.09. The minimum atomic E-state index is -0.765. The number of carbonyl (C=O) groups is 2. The number of aromatic nitrogens is 4. The second kappa shape index (κ2) is 6.48. The summed E-state index contributed by atoms with van der Waals surface area (Å²) in [5.74, 6) is -1.27. The molecule has 0 spiro atoms. The number of hydrogen-bond donors (Lipinski definition) is 2. The molecule has 0 fully saturated rings. The SMILES string of the molecule is CCn1cc(NC(=O)Cn2nc(C)c([N+](=O)[O-])c2C)c(C(N)=O)n1. The van der Waals surface area contributed by atoms with Crippen molar-refractivity contribution in [2.75, 3.05) is 5.32 Å². The van der Waals surface area contributed by atoms with Crippen LogP contribution in [0.1, 0.15) is 28.8 Å². The van der Waals surface area contributed by atoms with Gasteiger partial charge in [-0.2, -0.15) is 10.2 Å². The maximum atomic E-state index is 12.2. The van der Waals surface area contributed by atoms with Crippen LogP contribution in [0.15, 0.2) is 6.20 Å². The summed E-state index contributed by atoms with van der Waals surface area (Å²) in [5, 5.41) is 21.5. The summed E-state index contributed by atoms with van der Waals surface area (Å²) in [5.41, 5.74) is 5.74. The van der Waals surface area contributed by atoms with Gasteiger partial charge in [0.25, 0.3) is 5.91 Å². The molecule has 11 heteroatoms. The Balaban J connectivity index is 2.20. The molecule has 2 rings (SSSR count). The molecular formula is C13H17N7O4. The number of anilines is 1. The van der Waals surface area contributed by atoms with Crippen LogP contribution in [0, 0.1) is 24.0 Å². The fraction of sp³-hybridized carbons (Fsp3) is 0.385. The van der Waals surface area contributed by atoms with Gasteiger partial charge in [0, 0.05) is 12.7 Å². The maximum Gasteiger partial charge on any atom is 0.312 e. The van der Waals surface area contributed by atoms with Gasteiger partial charge < -0.3 is 11.1 Å². The molecule has 0 aliphatic heterocycles. The summed E-state index contributed by atoms with van der Waals surface area (Å²) >= 11 is 0. The minimum absolute atomic E-state index is 0.0513. The first-order valence-electron chi connectivity index (χ1n) is 7.10. The zero-order valence-electron chi connectivity index (χ0n) is 13.4. The van der Waals surface area contributed by atoms with Crippen LogP contribution >= 0.6 is 0 Å². The van der Waals surface area contributed by atoms with Gasteiger partial charge >= 0.3 is 5.69 Å². The molecule has 0 aliphatic carbocycles. The largest absolute Gasteiger partial charge is 0.364 e. The van der Waals surface area contributed by atoms with E-state index < -0.39 is 16.7 Å². The smallest absolute Gasteiger partial charge is 0.312 e. The highest BCUT2D eigenvalue weighted by Crippen LogP contribution is 2.22. The Bertz CT molecular complexity index is 821. The molecule has 11 nitrogen and oxygen atoms in total. The van der Waals surface area contributed by atoms with Crippen molar-refractivity contribution >= 4 is 23.2 Å². The number of nitrogens with zero attached hydrogens (tertiary/aromatic N) is 5. The van der Waals surface area contributed by atoms with Gasteiger partial charge in [0.1, 0.15) is 17.9 Å². The van der Waals surface area contributed by atoms with Crippen molar-refractivity contribution in [3.8, 4) is 0 Å². The van der Waals surface area contributed by atoms with Gasteiger partial charge in [-0.25, -0.2) is 0 Å². The Labute approximate surface area is 136 Å². The third-order valence-corrected chi connectivity index (χ3v) is 3.41. The molecule has 0 aliphatic rings. The Morgan fingerprint density at radius 3 is 2.54 bits per heavy atom. The number of rotatable bonds is 6. The van der Waals surface area contributed by atoms with E-state index in [9.17, 15) is 19.7 Å². The van der Waals surface area contributed by atoms with Crippen molar-refractivity contribution in [3.63, 3.8) is 0 Å². The first-order valence-corrected chi connectivity index (χ1v) is 7.10. The van der Waals surface area contributed by atoms with Crippen LogP contribution in [0.3, 0.4) is 0 Å². The van der Waals surface area contributed by atoms with Crippen molar-refractivity contribution in [1.29, 1.82) is 0 Å². The quantitative estimate of drug-likeness (QED) is 0.574. The van der Waals surface area contributed by atoms with Gasteiger partial charge in [0.2, 0.25) is 5.91 Å². The number of nitrogens with one attached hydrogen (secondary N) is 1. The monoisotopic (exact) mass is 335 g/mol. The topological polar surface area (TPSA) is 151 Å². The zero-order chi connectivity index (χ0) is 18.0. The van der Waals surface area contributed by atoms with E-state index in [2.05, 4.69) is 15.5 Å². The summed E-state index contributed by atoms with van der Waals surface area (Å²) in [4.78, 5) is 34.0. The summed E-state index contributed by atoms with van der Waals surface area (Å²) in [6.07, 6.45) is 1.49. The van der Waals surface area contributed by atoms with E-state index in [1.165, 1.54) is 29.4 Å². The molecule has 2 heterocycles. The highest BCUT2D eigenvalue weighted by molar-refractivity contribution is 6.01. The van der Waals surface area contributed by atoms with Crippen molar-refractivity contribution in [1.82, 2.24) is 19.6 Å². The molecule has 3 N–H and O–H groups in total. The van der Waals surface area contributed by atoms with Gasteiger partial charge in [0.05, 0.1) is 10.6 Å². The van der Waals surface area contributed by atoms with Gasteiger partial charge in [-0.1, -0.05) is 0 Å². The van der Waals surface area contributed by atoms with Crippen molar-refractivity contribution in [2.24, 2.45) is 5.73 Å². The van der Waals surface area contributed by atoms with Crippen LogP contribution < -0.4 is 11.1 Å².